The number of hydrogen-bond donors (Lipinski definition) is 4. The van der Waals surface area contributed by atoms with Gasteiger partial charge < -0.3 is 15.7 Å². The average molecular weight is 228 g/mol. The topological polar surface area (TPSA) is 133 Å². The van der Waals surface area contributed by atoms with Crippen LogP contribution in [-0.4, -0.2) is 43.8 Å². The Hall–Kier alpha value is -2.19. The fourth-order valence-electron chi connectivity index (χ4n) is 0.914. The Balaban J connectivity index is 2.43. The van der Waals surface area contributed by atoms with E-state index in [1.165, 1.54) is 6.92 Å². The van der Waals surface area contributed by atoms with Gasteiger partial charge in [-0.25, -0.2) is 4.79 Å². The van der Waals surface area contributed by atoms with Crippen molar-refractivity contribution in [1.29, 1.82) is 0 Å². The molecule has 0 fully saturated rings. The predicted molar refractivity (Wildman–Crippen MR) is 51.4 cm³/mol. The first-order valence-electron chi connectivity index (χ1n) is 4.54. The molecule has 1 aromatic rings. The molecule has 9 nitrogen and oxygen atoms in total. The number of carbonyl (C=O) groups excluding carboxylic acids is 1. The standard InChI is InChI=1S/C7H12N6O3/c1-3(5-10-12-13-11-5)8-7(16)9-4(2)6(14)15/h3-4H,1-2H3,(H,14,15)(H2,8,9,16)(H,10,11,12,13)/t3?,4-/m1/s1. The summed E-state index contributed by atoms with van der Waals surface area (Å²) < 4.78 is 0. The Morgan fingerprint density at radius 2 is 2.06 bits per heavy atom. The number of carbonyl (C=O) groups is 2. The summed E-state index contributed by atoms with van der Waals surface area (Å²) >= 11 is 0. The maximum Gasteiger partial charge on any atom is 0.325 e. The van der Waals surface area contributed by atoms with Gasteiger partial charge in [-0.15, -0.1) is 10.2 Å². The number of nitrogens with one attached hydrogen (secondary N) is 3. The van der Waals surface area contributed by atoms with Crippen LogP contribution >= 0.6 is 0 Å². The average Bonchev–Trinajstić information content (AvgIpc) is 2.69. The predicted octanol–water partition coefficient (Wildman–Crippen LogP) is -0.967. The van der Waals surface area contributed by atoms with Gasteiger partial charge in [0, 0.05) is 0 Å². The molecule has 1 unspecified atom stereocenters. The second kappa shape index (κ2) is 5.05. The number of nitrogens with zero attached hydrogens (tertiary/aromatic N) is 3. The first kappa shape index (κ1) is 11.9. The van der Waals surface area contributed by atoms with Crippen LogP contribution < -0.4 is 10.6 Å². The van der Waals surface area contributed by atoms with Gasteiger partial charge in [0.2, 0.25) is 0 Å². The van der Waals surface area contributed by atoms with Gasteiger partial charge >= 0.3 is 12.0 Å². The van der Waals surface area contributed by atoms with E-state index < -0.39 is 24.1 Å². The van der Waals surface area contributed by atoms with Crippen LogP contribution in [0.25, 0.3) is 0 Å². The number of aliphatic carboxylic acids is 1. The van der Waals surface area contributed by atoms with Crippen LogP contribution in [0.4, 0.5) is 4.79 Å². The molecule has 2 atom stereocenters. The summed E-state index contributed by atoms with van der Waals surface area (Å²) in [5.41, 5.74) is 0. The monoisotopic (exact) mass is 228 g/mol. The van der Waals surface area contributed by atoms with Crippen molar-refractivity contribution in [3.05, 3.63) is 5.82 Å². The zero-order chi connectivity index (χ0) is 12.1. The molecule has 1 heterocycles. The van der Waals surface area contributed by atoms with E-state index in [0.29, 0.717) is 5.82 Å². The van der Waals surface area contributed by atoms with Gasteiger partial charge in [-0.2, -0.15) is 5.21 Å². The van der Waals surface area contributed by atoms with Gasteiger partial charge in [0.05, 0.1) is 6.04 Å². The molecule has 16 heavy (non-hydrogen) atoms. The number of aromatic nitrogens is 4. The normalized spacial score (nSPS) is 13.9. The number of urea groups is 1. The molecule has 4 N–H and O–H groups in total. The van der Waals surface area contributed by atoms with Crippen molar-refractivity contribution >= 4 is 12.0 Å². The van der Waals surface area contributed by atoms with E-state index in [1.807, 2.05) is 0 Å². The molecule has 1 rings (SSSR count). The fraction of sp³-hybridized carbons (Fsp3) is 0.571. The summed E-state index contributed by atoms with van der Waals surface area (Å²) in [5.74, 6) is -0.791. The van der Waals surface area contributed by atoms with E-state index in [9.17, 15) is 9.59 Å². The lowest BCUT2D eigenvalue weighted by atomic mass is 10.3. The molecule has 0 aliphatic rings. The Bertz CT molecular complexity index is 364. The van der Waals surface area contributed by atoms with Crippen molar-refractivity contribution in [3.63, 3.8) is 0 Å². The molecule has 88 valence electrons. The highest BCUT2D eigenvalue weighted by atomic mass is 16.4. The molecule has 0 radical (unpaired) electrons. The van der Waals surface area contributed by atoms with Crippen LogP contribution in [0.2, 0.25) is 0 Å². The van der Waals surface area contributed by atoms with Crippen LogP contribution in [-0.2, 0) is 4.79 Å². The van der Waals surface area contributed by atoms with Crippen molar-refractivity contribution in [2.45, 2.75) is 25.9 Å². The first-order valence-corrected chi connectivity index (χ1v) is 4.54. The minimum atomic E-state index is -1.11. The number of tetrazole rings is 1. The van der Waals surface area contributed by atoms with Crippen molar-refractivity contribution in [3.8, 4) is 0 Å². The lowest BCUT2D eigenvalue weighted by Crippen LogP contribution is -2.45. The lowest BCUT2D eigenvalue weighted by molar-refractivity contribution is -0.138. The Morgan fingerprint density at radius 1 is 1.38 bits per heavy atom. The Labute approximate surface area is 90.6 Å². The molecule has 2 amide bonds. The quantitative estimate of drug-likeness (QED) is 0.524. The summed E-state index contributed by atoms with van der Waals surface area (Å²) in [6.45, 7) is 3.01. The molecule has 9 heteroatoms. The molecule has 0 spiro atoms. The number of amides is 2. The number of carboxylic acids is 1. The Morgan fingerprint density at radius 3 is 2.56 bits per heavy atom. The maximum atomic E-state index is 11.3. The lowest BCUT2D eigenvalue weighted by Gasteiger charge is -2.13. The number of carboxylic acid groups (broad SMARTS) is 1. The molecular weight excluding hydrogens is 216 g/mol. The fourth-order valence-corrected chi connectivity index (χ4v) is 0.914. The summed E-state index contributed by atoms with van der Waals surface area (Å²) in [4.78, 5) is 21.8. The van der Waals surface area contributed by atoms with Crippen molar-refractivity contribution in [2.75, 3.05) is 0 Å². The number of rotatable bonds is 4. The highest BCUT2D eigenvalue weighted by molar-refractivity contribution is 5.82. The third-order valence-corrected chi connectivity index (χ3v) is 1.81. The molecule has 0 aliphatic carbocycles. The minimum absolute atomic E-state index is 0.318. The van der Waals surface area contributed by atoms with Gasteiger partial charge in [-0.05, 0) is 13.8 Å². The number of aromatic amines is 1. The van der Waals surface area contributed by atoms with Crippen LogP contribution in [0.15, 0.2) is 0 Å². The highest BCUT2D eigenvalue weighted by Gasteiger charge is 2.17. The molecule has 0 bridgehead atoms. The van der Waals surface area contributed by atoms with E-state index in [0.717, 1.165) is 0 Å². The molecule has 0 saturated carbocycles. The van der Waals surface area contributed by atoms with Crippen molar-refractivity contribution in [1.82, 2.24) is 31.3 Å². The largest absolute Gasteiger partial charge is 0.480 e. The second-order valence-corrected chi connectivity index (χ2v) is 3.17. The summed E-state index contributed by atoms with van der Waals surface area (Å²) in [6.07, 6.45) is 0. The van der Waals surface area contributed by atoms with E-state index >= 15 is 0 Å². The summed E-state index contributed by atoms with van der Waals surface area (Å²) in [7, 11) is 0. The van der Waals surface area contributed by atoms with Gasteiger partial charge in [0.15, 0.2) is 5.82 Å². The van der Waals surface area contributed by atoms with Crippen LogP contribution in [0, 0.1) is 0 Å². The van der Waals surface area contributed by atoms with Gasteiger partial charge in [0.1, 0.15) is 6.04 Å². The molecule has 1 aromatic heterocycles. The highest BCUT2D eigenvalue weighted by Crippen LogP contribution is 2.02. The van der Waals surface area contributed by atoms with E-state index in [-0.39, 0.29) is 0 Å². The SMILES string of the molecule is CC(NC(=O)N[C@H](C)C(=O)O)c1nn[nH]n1. The summed E-state index contributed by atoms with van der Waals surface area (Å²) in [5, 5.41) is 26.2. The van der Waals surface area contributed by atoms with Crippen LogP contribution in [0.5, 0.6) is 0 Å². The van der Waals surface area contributed by atoms with E-state index in [1.54, 1.807) is 6.92 Å². The zero-order valence-corrected chi connectivity index (χ0v) is 8.76. The maximum absolute atomic E-state index is 11.3. The van der Waals surface area contributed by atoms with Gasteiger partial charge in [-0.1, -0.05) is 5.21 Å². The Kier molecular flexibility index (Phi) is 3.75. The smallest absolute Gasteiger partial charge is 0.325 e. The molecule has 0 aromatic carbocycles. The number of hydrogen-bond acceptors (Lipinski definition) is 5. The minimum Gasteiger partial charge on any atom is -0.480 e. The van der Waals surface area contributed by atoms with Crippen molar-refractivity contribution < 1.29 is 14.7 Å². The molecular formula is C7H12N6O3. The zero-order valence-electron chi connectivity index (χ0n) is 8.76. The van der Waals surface area contributed by atoms with Gasteiger partial charge in [-0.3, -0.25) is 4.79 Å². The van der Waals surface area contributed by atoms with Crippen LogP contribution in [0.1, 0.15) is 25.7 Å². The second-order valence-electron chi connectivity index (χ2n) is 3.17. The summed E-state index contributed by atoms with van der Waals surface area (Å²) in [6, 6.07) is -2.02. The van der Waals surface area contributed by atoms with Crippen LogP contribution in [0.3, 0.4) is 0 Å². The van der Waals surface area contributed by atoms with Gasteiger partial charge in [0.25, 0.3) is 0 Å². The third kappa shape index (κ3) is 3.19. The van der Waals surface area contributed by atoms with Crippen molar-refractivity contribution in [2.24, 2.45) is 0 Å². The molecule has 0 aliphatic heterocycles. The third-order valence-electron chi connectivity index (χ3n) is 1.81. The first-order chi connectivity index (χ1) is 7.50. The van der Waals surface area contributed by atoms with E-state index in [2.05, 4.69) is 31.3 Å². The van der Waals surface area contributed by atoms with E-state index in [4.69, 9.17) is 5.11 Å². The number of H-pyrrole nitrogens is 1. The molecule has 0 saturated heterocycles.